The molecule has 0 saturated heterocycles. The Balaban J connectivity index is 2.21. The highest BCUT2D eigenvalue weighted by molar-refractivity contribution is 4.79. The Morgan fingerprint density at radius 1 is 1.29 bits per heavy atom. The average molecular weight is 198 g/mol. The normalized spacial score (nSPS) is 22.9. The first kappa shape index (κ1) is 12.0. The molecule has 1 rings (SSSR count). The van der Waals surface area contributed by atoms with Crippen LogP contribution in [0.1, 0.15) is 59.8 Å². The molecule has 0 radical (unpaired) electrons. The van der Waals surface area contributed by atoms with Crippen molar-refractivity contribution in [2.45, 2.75) is 65.9 Å². The Kier molecular flexibility index (Phi) is 4.00. The molecule has 0 amide bonds. The second-order valence-electron chi connectivity index (χ2n) is 6.36. The lowest BCUT2D eigenvalue weighted by Gasteiger charge is -2.33. The molecule has 0 aromatic rings. The van der Waals surface area contributed by atoms with Gasteiger partial charge in [-0.15, -0.1) is 0 Å². The summed E-state index contributed by atoms with van der Waals surface area (Å²) in [6.07, 6.45) is 6.03. The Bertz CT molecular complexity index is 165. The minimum absolute atomic E-state index is 0.0268. The molecule has 1 aliphatic carbocycles. The maximum absolute atomic E-state index is 9.94. The number of aliphatic hydroxyl groups excluding tert-OH is 1. The molecular formula is C13H26O. The largest absolute Gasteiger partial charge is 0.393 e. The van der Waals surface area contributed by atoms with Gasteiger partial charge >= 0.3 is 0 Å². The molecule has 84 valence electrons. The lowest BCUT2D eigenvalue weighted by molar-refractivity contribution is 0.0393. The van der Waals surface area contributed by atoms with Crippen LogP contribution in [0.2, 0.25) is 0 Å². The van der Waals surface area contributed by atoms with Gasteiger partial charge in [0.05, 0.1) is 6.10 Å². The summed E-state index contributed by atoms with van der Waals surface area (Å²) >= 11 is 0. The van der Waals surface area contributed by atoms with Gasteiger partial charge in [0.15, 0.2) is 0 Å². The van der Waals surface area contributed by atoms with Crippen LogP contribution in [0.5, 0.6) is 0 Å². The molecule has 2 atom stereocenters. The Labute approximate surface area is 88.9 Å². The summed E-state index contributed by atoms with van der Waals surface area (Å²) in [5.41, 5.74) is 0.402. The summed E-state index contributed by atoms with van der Waals surface area (Å²) in [5, 5.41) is 9.94. The fourth-order valence-electron chi connectivity index (χ4n) is 2.56. The van der Waals surface area contributed by atoms with Gasteiger partial charge in [-0.25, -0.2) is 0 Å². The molecule has 0 heterocycles. The summed E-state index contributed by atoms with van der Waals surface area (Å²) in [4.78, 5) is 0. The third-order valence-electron chi connectivity index (χ3n) is 3.30. The second kappa shape index (κ2) is 4.65. The van der Waals surface area contributed by atoms with Crippen molar-refractivity contribution in [3.63, 3.8) is 0 Å². The van der Waals surface area contributed by atoms with E-state index in [0.717, 1.165) is 6.42 Å². The fraction of sp³-hybridized carbons (Fsp3) is 1.00. The van der Waals surface area contributed by atoms with Gasteiger partial charge in [-0.2, -0.15) is 0 Å². The lowest BCUT2D eigenvalue weighted by atomic mass is 9.76. The molecule has 2 unspecified atom stereocenters. The third kappa shape index (κ3) is 4.00. The quantitative estimate of drug-likeness (QED) is 0.731. The number of hydrogen-bond donors (Lipinski definition) is 1. The summed E-state index contributed by atoms with van der Waals surface area (Å²) in [5.74, 6) is 1.28. The summed E-state index contributed by atoms with van der Waals surface area (Å²) < 4.78 is 0. The van der Waals surface area contributed by atoms with Crippen LogP contribution < -0.4 is 0 Å². The van der Waals surface area contributed by atoms with Crippen LogP contribution in [0, 0.1) is 17.3 Å². The van der Waals surface area contributed by atoms with Crippen LogP contribution in [-0.2, 0) is 0 Å². The van der Waals surface area contributed by atoms with Crippen molar-refractivity contribution in [2.24, 2.45) is 17.3 Å². The van der Waals surface area contributed by atoms with Gasteiger partial charge in [0.2, 0.25) is 0 Å². The second-order valence-corrected chi connectivity index (χ2v) is 6.36. The first-order chi connectivity index (χ1) is 6.38. The zero-order chi connectivity index (χ0) is 10.8. The lowest BCUT2D eigenvalue weighted by Crippen LogP contribution is -2.29. The van der Waals surface area contributed by atoms with Crippen LogP contribution in [0.4, 0.5) is 0 Å². The number of rotatable bonds is 4. The molecule has 1 N–H and O–H groups in total. The highest BCUT2D eigenvalue weighted by Crippen LogP contribution is 2.34. The van der Waals surface area contributed by atoms with E-state index < -0.39 is 0 Å². The van der Waals surface area contributed by atoms with E-state index in [9.17, 15) is 5.11 Å². The van der Waals surface area contributed by atoms with Crippen LogP contribution >= 0.6 is 0 Å². The molecule has 1 saturated carbocycles. The third-order valence-corrected chi connectivity index (χ3v) is 3.30. The first-order valence-corrected chi connectivity index (χ1v) is 6.06. The van der Waals surface area contributed by atoms with Crippen molar-refractivity contribution in [1.82, 2.24) is 0 Å². The van der Waals surface area contributed by atoms with E-state index in [1.807, 2.05) is 0 Å². The van der Waals surface area contributed by atoms with Gasteiger partial charge in [0.25, 0.3) is 0 Å². The van der Waals surface area contributed by atoms with Gasteiger partial charge in [-0.3, -0.25) is 0 Å². The minimum Gasteiger partial charge on any atom is -0.393 e. The van der Waals surface area contributed by atoms with Crippen molar-refractivity contribution in [3.05, 3.63) is 0 Å². The van der Waals surface area contributed by atoms with Crippen molar-refractivity contribution < 1.29 is 5.11 Å². The Hall–Kier alpha value is -0.0400. The van der Waals surface area contributed by atoms with Crippen LogP contribution in [0.3, 0.4) is 0 Å². The van der Waals surface area contributed by atoms with Crippen molar-refractivity contribution in [3.8, 4) is 0 Å². The molecule has 1 nitrogen and oxygen atoms in total. The first-order valence-electron chi connectivity index (χ1n) is 6.06. The minimum atomic E-state index is -0.0268. The van der Waals surface area contributed by atoms with E-state index in [0.29, 0.717) is 17.3 Å². The van der Waals surface area contributed by atoms with Crippen LogP contribution in [0.15, 0.2) is 0 Å². The van der Waals surface area contributed by atoms with E-state index in [1.165, 1.54) is 25.7 Å². The maximum atomic E-state index is 9.94. The number of aliphatic hydroxyl groups is 1. The van der Waals surface area contributed by atoms with E-state index in [2.05, 4.69) is 27.7 Å². The van der Waals surface area contributed by atoms with Crippen molar-refractivity contribution in [2.75, 3.05) is 0 Å². The summed E-state index contributed by atoms with van der Waals surface area (Å²) in [6.45, 7) is 9.10. The zero-order valence-corrected chi connectivity index (χ0v) is 10.2. The molecular weight excluding hydrogens is 172 g/mol. The Morgan fingerprint density at radius 3 is 2.21 bits per heavy atom. The number of hydrogen-bond acceptors (Lipinski definition) is 1. The predicted molar refractivity (Wildman–Crippen MR) is 61.2 cm³/mol. The average Bonchev–Trinajstić information content (AvgIpc) is 1.75. The van der Waals surface area contributed by atoms with E-state index in [1.54, 1.807) is 0 Å². The van der Waals surface area contributed by atoms with E-state index >= 15 is 0 Å². The van der Waals surface area contributed by atoms with Crippen molar-refractivity contribution in [1.29, 1.82) is 0 Å². The molecule has 1 aliphatic rings. The summed E-state index contributed by atoms with van der Waals surface area (Å²) in [6, 6.07) is 0. The molecule has 14 heavy (non-hydrogen) atoms. The van der Waals surface area contributed by atoms with Crippen LogP contribution in [0.25, 0.3) is 0 Å². The maximum Gasteiger partial charge on any atom is 0.0570 e. The zero-order valence-electron chi connectivity index (χ0n) is 10.2. The van der Waals surface area contributed by atoms with Gasteiger partial charge in [-0.05, 0) is 42.9 Å². The van der Waals surface area contributed by atoms with Gasteiger partial charge in [-0.1, -0.05) is 34.1 Å². The Morgan fingerprint density at radius 2 is 1.86 bits per heavy atom. The standard InChI is InChI=1S/C13H26O/c1-10(9-13(2,3)4)8-12(14)11-6-5-7-11/h10-12,14H,5-9H2,1-4H3. The van der Waals surface area contributed by atoms with Gasteiger partial charge in [0, 0.05) is 0 Å². The summed E-state index contributed by atoms with van der Waals surface area (Å²) in [7, 11) is 0. The molecule has 0 aromatic carbocycles. The van der Waals surface area contributed by atoms with E-state index in [-0.39, 0.29) is 6.10 Å². The highest BCUT2D eigenvalue weighted by atomic mass is 16.3. The monoisotopic (exact) mass is 198 g/mol. The predicted octanol–water partition coefficient (Wildman–Crippen LogP) is 3.61. The molecule has 0 bridgehead atoms. The van der Waals surface area contributed by atoms with Gasteiger partial charge < -0.3 is 5.11 Å². The van der Waals surface area contributed by atoms with E-state index in [4.69, 9.17) is 0 Å². The highest BCUT2D eigenvalue weighted by Gasteiger charge is 2.27. The molecule has 0 spiro atoms. The molecule has 1 fully saturated rings. The molecule has 0 aromatic heterocycles. The SMILES string of the molecule is CC(CC(O)C1CCC1)CC(C)(C)C. The van der Waals surface area contributed by atoms with Crippen molar-refractivity contribution >= 4 is 0 Å². The van der Waals surface area contributed by atoms with Crippen LogP contribution in [-0.4, -0.2) is 11.2 Å². The molecule has 0 aliphatic heterocycles. The fourth-order valence-corrected chi connectivity index (χ4v) is 2.56. The smallest absolute Gasteiger partial charge is 0.0570 e. The molecule has 1 heteroatoms. The van der Waals surface area contributed by atoms with Gasteiger partial charge in [0.1, 0.15) is 0 Å². The topological polar surface area (TPSA) is 20.2 Å².